The second-order valence-corrected chi connectivity index (χ2v) is 6.88. The second-order valence-electron chi connectivity index (χ2n) is 4.19. The Morgan fingerprint density at radius 2 is 1.90 bits per heavy atom. The maximum Gasteiger partial charge on any atom is 0.335 e. The summed E-state index contributed by atoms with van der Waals surface area (Å²) >= 11 is 1.47. The van der Waals surface area contributed by atoms with Gasteiger partial charge in [0.1, 0.15) is 0 Å². The largest absolute Gasteiger partial charge is 0.478 e. The van der Waals surface area contributed by atoms with Crippen molar-refractivity contribution in [1.29, 1.82) is 0 Å². The van der Waals surface area contributed by atoms with Gasteiger partial charge in [0, 0.05) is 4.88 Å². The lowest BCUT2D eigenvalue weighted by Crippen LogP contribution is -2.26. The van der Waals surface area contributed by atoms with Crippen LogP contribution in [0.25, 0.3) is 0 Å². The summed E-state index contributed by atoms with van der Waals surface area (Å²) in [5.74, 6) is -1.09. The van der Waals surface area contributed by atoms with Crippen molar-refractivity contribution in [2.45, 2.75) is 17.9 Å². The van der Waals surface area contributed by atoms with Gasteiger partial charge in [0.2, 0.25) is 10.0 Å². The predicted molar refractivity (Wildman–Crippen MR) is 76.5 cm³/mol. The van der Waals surface area contributed by atoms with Crippen LogP contribution in [0.4, 0.5) is 0 Å². The minimum absolute atomic E-state index is 0.0471. The van der Waals surface area contributed by atoms with E-state index in [9.17, 15) is 13.2 Å². The lowest BCUT2D eigenvalue weighted by atomic mass is 10.2. The summed E-state index contributed by atoms with van der Waals surface area (Å²) in [6.45, 7) is 1.76. The van der Waals surface area contributed by atoms with Gasteiger partial charge in [0.05, 0.1) is 16.5 Å². The van der Waals surface area contributed by atoms with Crippen LogP contribution >= 0.6 is 11.3 Å². The molecule has 0 aliphatic carbocycles. The third kappa shape index (κ3) is 3.24. The van der Waals surface area contributed by atoms with E-state index < -0.39 is 16.0 Å². The van der Waals surface area contributed by atoms with Crippen LogP contribution in [0.5, 0.6) is 0 Å². The summed E-state index contributed by atoms with van der Waals surface area (Å²) in [5.41, 5.74) is 0.0512. The van der Waals surface area contributed by atoms with E-state index in [1.165, 1.54) is 35.6 Å². The molecule has 106 valence electrons. The van der Waals surface area contributed by atoms with Gasteiger partial charge >= 0.3 is 5.97 Å². The first kappa shape index (κ1) is 14.7. The topological polar surface area (TPSA) is 83.5 Å². The van der Waals surface area contributed by atoms with Crippen molar-refractivity contribution in [3.63, 3.8) is 0 Å². The maximum atomic E-state index is 12.2. The van der Waals surface area contributed by atoms with Crippen LogP contribution in [0, 0.1) is 0 Å². The quantitative estimate of drug-likeness (QED) is 0.888. The molecule has 0 saturated carbocycles. The minimum Gasteiger partial charge on any atom is -0.478 e. The predicted octanol–water partition coefficient (Wildman–Crippen LogP) is 2.49. The molecule has 0 bridgehead atoms. The molecule has 0 aliphatic rings. The number of carboxylic acid groups (broad SMARTS) is 1. The Morgan fingerprint density at radius 1 is 1.25 bits per heavy atom. The lowest BCUT2D eigenvalue weighted by molar-refractivity contribution is 0.0696. The third-order valence-corrected chi connectivity index (χ3v) is 5.33. The highest BCUT2D eigenvalue weighted by Crippen LogP contribution is 2.21. The van der Waals surface area contributed by atoms with Crippen LogP contribution in [0.15, 0.2) is 46.7 Å². The summed E-state index contributed by atoms with van der Waals surface area (Å²) in [4.78, 5) is 11.7. The van der Waals surface area contributed by atoms with Crippen molar-refractivity contribution in [2.24, 2.45) is 0 Å². The third-order valence-electron chi connectivity index (χ3n) is 2.71. The molecule has 5 nitrogen and oxygen atoms in total. The van der Waals surface area contributed by atoms with Crippen LogP contribution in [0.2, 0.25) is 0 Å². The number of aromatic carboxylic acids is 1. The van der Waals surface area contributed by atoms with Crippen LogP contribution in [-0.4, -0.2) is 19.5 Å². The minimum atomic E-state index is -3.66. The molecule has 2 N–H and O–H groups in total. The zero-order valence-electron chi connectivity index (χ0n) is 10.6. The number of hydrogen-bond acceptors (Lipinski definition) is 4. The van der Waals surface area contributed by atoms with Crippen LogP contribution < -0.4 is 4.72 Å². The van der Waals surface area contributed by atoms with Gasteiger partial charge in [-0.2, -0.15) is 0 Å². The molecule has 1 atom stereocenters. The number of carbonyl (C=O) groups is 1. The molecule has 0 amide bonds. The van der Waals surface area contributed by atoms with E-state index in [2.05, 4.69) is 4.72 Å². The van der Waals surface area contributed by atoms with Gasteiger partial charge in [-0.25, -0.2) is 17.9 Å². The maximum absolute atomic E-state index is 12.2. The lowest BCUT2D eigenvalue weighted by Gasteiger charge is -2.12. The first-order valence-electron chi connectivity index (χ1n) is 5.79. The van der Waals surface area contributed by atoms with E-state index in [-0.39, 0.29) is 16.5 Å². The second kappa shape index (κ2) is 5.74. The Morgan fingerprint density at radius 3 is 2.40 bits per heavy atom. The molecule has 0 aliphatic heterocycles. The van der Waals surface area contributed by atoms with E-state index >= 15 is 0 Å². The summed E-state index contributed by atoms with van der Waals surface area (Å²) < 4.78 is 26.9. The Kier molecular flexibility index (Phi) is 4.22. The van der Waals surface area contributed by atoms with E-state index in [0.717, 1.165) is 4.88 Å². The molecule has 0 spiro atoms. The van der Waals surface area contributed by atoms with Gasteiger partial charge in [-0.3, -0.25) is 0 Å². The van der Waals surface area contributed by atoms with E-state index in [0.29, 0.717) is 0 Å². The Balaban J connectivity index is 2.20. The normalized spacial score (nSPS) is 13.1. The number of carboxylic acids is 1. The molecular weight excluding hydrogens is 298 g/mol. The molecule has 0 saturated heterocycles. The van der Waals surface area contributed by atoms with E-state index in [1.54, 1.807) is 6.92 Å². The fraction of sp³-hybridized carbons (Fsp3) is 0.154. The van der Waals surface area contributed by atoms with Crippen molar-refractivity contribution in [2.75, 3.05) is 0 Å². The molecule has 20 heavy (non-hydrogen) atoms. The van der Waals surface area contributed by atoms with Gasteiger partial charge < -0.3 is 5.11 Å². The molecular formula is C13H13NO4S2. The molecule has 1 aromatic carbocycles. The van der Waals surface area contributed by atoms with Crippen molar-refractivity contribution >= 4 is 27.3 Å². The molecule has 1 aromatic heterocycles. The standard InChI is InChI=1S/C13H13NO4S2/c1-9(12-3-2-8-19-12)14-20(17,18)11-6-4-10(5-7-11)13(15)16/h2-9,14H,1H3,(H,15,16)/t9-/m1/s1. The summed E-state index contributed by atoms with van der Waals surface area (Å²) in [7, 11) is -3.66. The summed E-state index contributed by atoms with van der Waals surface area (Å²) in [6.07, 6.45) is 0. The van der Waals surface area contributed by atoms with Crippen LogP contribution in [0.1, 0.15) is 28.2 Å². The molecule has 7 heteroatoms. The summed E-state index contributed by atoms with van der Waals surface area (Å²) in [5, 5.41) is 10.7. The molecule has 2 aromatic rings. The van der Waals surface area contributed by atoms with Crippen LogP contribution in [-0.2, 0) is 10.0 Å². The van der Waals surface area contributed by atoms with Gasteiger partial charge in [-0.1, -0.05) is 6.07 Å². The number of rotatable bonds is 5. The number of sulfonamides is 1. The molecule has 2 rings (SSSR count). The number of nitrogens with one attached hydrogen (secondary N) is 1. The molecule has 0 unspecified atom stereocenters. The van der Waals surface area contributed by atoms with E-state index in [4.69, 9.17) is 5.11 Å². The highest BCUT2D eigenvalue weighted by molar-refractivity contribution is 7.89. The fourth-order valence-corrected chi connectivity index (χ4v) is 3.71. The molecule has 1 heterocycles. The van der Waals surface area contributed by atoms with Gasteiger partial charge in [-0.05, 0) is 42.6 Å². The number of hydrogen-bond donors (Lipinski definition) is 2. The number of thiophene rings is 1. The van der Waals surface area contributed by atoms with E-state index in [1.807, 2.05) is 17.5 Å². The Labute approximate surface area is 120 Å². The SMILES string of the molecule is C[C@@H](NS(=O)(=O)c1ccc(C(=O)O)cc1)c1cccs1. The zero-order chi connectivity index (χ0) is 14.8. The summed E-state index contributed by atoms with van der Waals surface area (Å²) in [6, 6.07) is 8.48. The Hall–Kier alpha value is -1.70. The zero-order valence-corrected chi connectivity index (χ0v) is 12.2. The van der Waals surface area contributed by atoms with Crippen molar-refractivity contribution in [3.05, 3.63) is 52.2 Å². The molecule has 0 fully saturated rings. The van der Waals surface area contributed by atoms with Crippen molar-refractivity contribution in [3.8, 4) is 0 Å². The van der Waals surface area contributed by atoms with Gasteiger partial charge in [-0.15, -0.1) is 11.3 Å². The first-order valence-corrected chi connectivity index (χ1v) is 8.15. The van der Waals surface area contributed by atoms with Gasteiger partial charge in [0.25, 0.3) is 0 Å². The molecule has 0 radical (unpaired) electrons. The van der Waals surface area contributed by atoms with Crippen LogP contribution in [0.3, 0.4) is 0 Å². The van der Waals surface area contributed by atoms with Crippen molar-refractivity contribution in [1.82, 2.24) is 4.72 Å². The van der Waals surface area contributed by atoms with Crippen molar-refractivity contribution < 1.29 is 18.3 Å². The highest BCUT2D eigenvalue weighted by Gasteiger charge is 2.19. The first-order chi connectivity index (χ1) is 9.40. The monoisotopic (exact) mass is 311 g/mol. The smallest absolute Gasteiger partial charge is 0.335 e. The Bertz CT molecular complexity index is 690. The highest BCUT2D eigenvalue weighted by atomic mass is 32.2. The number of benzene rings is 1. The average Bonchev–Trinajstić information content (AvgIpc) is 2.92. The average molecular weight is 311 g/mol. The fourth-order valence-electron chi connectivity index (χ4n) is 1.67. The van der Waals surface area contributed by atoms with Gasteiger partial charge in [0.15, 0.2) is 0 Å².